The predicted octanol–water partition coefficient (Wildman–Crippen LogP) is 9.01. The number of hydrogen-bond donors (Lipinski definition) is 1. The van der Waals surface area contributed by atoms with Gasteiger partial charge in [0.05, 0.1) is 28.9 Å². The second kappa shape index (κ2) is 14.0. The molecule has 224 valence electrons. The van der Waals surface area contributed by atoms with Crippen molar-refractivity contribution in [3.63, 3.8) is 0 Å². The molecule has 0 aliphatic rings. The average molecular weight is 587 g/mol. The number of nitrogens with one attached hydrogen (secondary N) is 1. The van der Waals surface area contributed by atoms with Crippen LogP contribution in [-0.2, 0) is 11.3 Å². The first-order valence-electron chi connectivity index (χ1n) is 15.1. The Kier molecular flexibility index (Phi) is 9.70. The van der Waals surface area contributed by atoms with Gasteiger partial charge in [0.15, 0.2) is 0 Å². The fourth-order valence-corrected chi connectivity index (χ4v) is 5.32. The number of amides is 1. The van der Waals surface area contributed by atoms with Gasteiger partial charge in [-0.05, 0) is 98.5 Å². The normalized spacial score (nSPS) is 10.9. The lowest BCUT2D eigenvalue weighted by atomic mass is 9.94. The van der Waals surface area contributed by atoms with Gasteiger partial charge in [0.1, 0.15) is 12.4 Å². The number of pyridine rings is 1. The Bertz CT molecular complexity index is 1760. The zero-order chi connectivity index (χ0) is 31.1. The van der Waals surface area contributed by atoms with Gasteiger partial charge in [-0.15, -0.1) is 0 Å². The molecule has 0 atom stereocenters. The van der Waals surface area contributed by atoms with Crippen LogP contribution in [-0.4, -0.2) is 23.5 Å². The summed E-state index contributed by atoms with van der Waals surface area (Å²) in [4.78, 5) is 31.3. The van der Waals surface area contributed by atoms with Crippen molar-refractivity contribution in [2.75, 3.05) is 11.9 Å². The monoisotopic (exact) mass is 586 g/mol. The summed E-state index contributed by atoms with van der Waals surface area (Å²) < 4.78 is 11.3. The Morgan fingerprint density at radius 1 is 0.841 bits per heavy atom. The van der Waals surface area contributed by atoms with Crippen LogP contribution in [0.4, 0.5) is 5.69 Å². The van der Waals surface area contributed by atoms with Crippen LogP contribution in [0.15, 0.2) is 91.0 Å². The molecule has 1 amide bonds. The van der Waals surface area contributed by atoms with Crippen molar-refractivity contribution in [3.8, 4) is 17.0 Å². The van der Waals surface area contributed by atoms with E-state index in [-0.39, 0.29) is 11.9 Å². The third kappa shape index (κ3) is 7.14. The summed E-state index contributed by atoms with van der Waals surface area (Å²) >= 11 is 0. The van der Waals surface area contributed by atoms with Crippen molar-refractivity contribution in [2.24, 2.45) is 0 Å². The highest BCUT2D eigenvalue weighted by Gasteiger charge is 2.21. The summed E-state index contributed by atoms with van der Waals surface area (Å²) in [5, 5.41) is 3.84. The zero-order valence-corrected chi connectivity index (χ0v) is 25.8. The number of aryl methyl sites for hydroxylation is 2. The molecule has 0 unspecified atom stereocenters. The number of fused-ring (bicyclic) bond motifs is 1. The number of benzene rings is 4. The molecule has 0 radical (unpaired) electrons. The Balaban J connectivity index is 1.41. The van der Waals surface area contributed by atoms with E-state index < -0.39 is 0 Å². The molecule has 1 N–H and O–H groups in total. The number of unbranched alkanes of at least 4 members (excludes halogenated alkanes) is 2. The van der Waals surface area contributed by atoms with Gasteiger partial charge in [-0.3, -0.25) is 4.79 Å². The Morgan fingerprint density at radius 3 is 2.27 bits per heavy atom. The Morgan fingerprint density at radius 2 is 1.57 bits per heavy atom. The number of ether oxygens (including phenoxy) is 2. The maximum Gasteiger partial charge on any atom is 0.338 e. The number of nitrogens with zero attached hydrogens (tertiary/aromatic N) is 1. The molecule has 44 heavy (non-hydrogen) atoms. The highest BCUT2D eigenvalue weighted by molar-refractivity contribution is 6.15. The van der Waals surface area contributed by atoms with E-state index in [0.29, 0.717) is 30.0 Å². The third-order valence-electron chi connectivity index (χ3n) is 7.63. The first-order valence-corrected chi connectivity index (χ1v) is 15.1. The maximum absolute atomic E-state index is 13.9. The molecule has 1 heterocycles. The minimum atomic E-state index is -0.359. The van der Waals surface area contributed by atoms with E-state index >= 15 is 0 Å². The highest BCUT2D eigenvalue weighted by atomic mass is 16.5. The van der Waals surface area contributed by atoms with Crippen LogP contribution in [0.1, 0.15) is 69.2 Å². The van der Waals surface area contributed by atoms with Gasteiger partial charge in [-0.25, -0.2) is 9.78 Å². The van der Waals surface area contributed by atoms with E-state index in [0.717, 1.165) is 69.4 Å². The molecular weight excluding hydrogens is 548 g/mol. The van der Waals surface area contributed by atoms with E-state index in [2.05, 4.69) is 18.3 Å². The highest BCUT2D eigenvalue weighted by Crippen LogP contribution is 2.33. The maximum atomic E-state index is 13.9. The number of aromatic nitrogens is 1. The summed E-state index contributed by atoms with van der Waals surface area (Å²) in [5.74, 6) is 0.162. The van der Waals surface area contributed by atoms with Gasteiger partial charge in [0, 0.05) is 16.6 Å². The number of carbonyl (C=O) groups excluding carboxylic acids is 2. The van der Waals surface area contributed by atoms with Crippen molar-refractivity contribution < 1.29 is 19.1 Å². The molecule has 0 fully saturated rings. The predicted molar refractivity (Wildman–Crippen MR) is 176 cm³/mol. The lowest BCUT2D eigenvalue weighted by Crippen LogP contribution is -2.16. The van der Waals surface area contributed by atoms with Crippen LogP contribution >= 0.6 is 0 Å². The molecule has 4 aromatic carbocycles. The summed E-state index contributed by atoms with van der Waals surface area (Å²) in [6.07, 6.45) is 2.94. The minimum absolute atomic E-state index is 0.237. The van der Waals surface area contributed by atoms with E-state index in [1.807, 2.05) is 81.4 Å². The number of hydrogen-bond acceptors (Lipinski definition) is 5. The molecule has 0 spiro atoms. The molecular formula is C38H38N2O4. The average Bonchev–Trinajstić information content (AvgIpc) is 3.03. The summed E-state index contributed by atoms with van der Waals surface area (Å²) in [7, 11) is 0. The largest absolute Gasteiger partial charge is 0.489 e. The first kappa shape index (κ1) is 30.5. The van der Waals surface area contributed by atoms with Crippen LogP contribution < -0.4 is 10.1 Å². The van der Waals surface area contributed by atoms with E-state index in [9.17, 15) is 9.59 Å². The van der Waals surface area contributed by atoms with Gasteiger partial charge in [0.25, 0.3) is 5.91 Å². The summed E-state index contributed by atoms with van der Waals surface area (Å²) in [6.45, 7) is 8.97. The topological polar surface area (TPSA) is 77.5 Å². The first-order chi connectivity index (χ1) is 21.3. The van der Waals surface area contributed by atoms with Crippen molar-refractivity contribution in [3.05, 3.63) is 124 Å². The fourth-order valence-electron chi connectivity index (χ4n) is 5.32. The molecule has 6 nitrogen and oxygen atoms in total. The van der Waals surface area contributed by atoms with E-state index in [1.54, 1.807) is 24.3 Å². The smallest absolute Gasteiger partial charge is 0.338 e. The number of esters is 1. The number of anilines is 1. The molecule has 6 heteroatoms. The Labute approximate surface area is 259 Å². The van der Waals surface area contributed by atoms with Crippen molar-refractivity contribution in [1.29, 1.82) is 0 Å². The molecule has 0 aliphatic heterocycles. The lowest BCUT2D eigenvalue weighted by Gasteiger charge is -2.17. The number of carbonyl (C=O) groups is 2. The molecule has 1 aromatic heterocycles. The third-order valence-corrected chi connectivity index (χ3v) is 7.63. The molecule has 0 aliphatic carbocycles. The number of rotatable bonds is 11. The van der Waals surface area contributed by atoms with Crippen LogP contribution in [0.5, 0.6) is 5.75 Å². The van der Waals surface area contributed by atoms with Crippen LogP contribution in [0.2, 0.25) is 0 Å². The van der Waals surface area contributed by atoms with Gasteiger partial charge in [-0.1, -0.05) is 61.7 Å². The standard InChI is InChI=1S/C38H38N2O4/c1-5-6-10-21-43-38(42)30-13-17-31(18-14-30)39-37(41)34-27(4)36(40-35-26(3)22-25(2)23-33(34)35)29-15-19-32(20-16-29)44-24-28-11-8-7-9-12-28/h7-9,11-20,22-23H,5-6,10,21,24H2,1-4H3,(H,39,41). The van der Waals surface area contributed by atoms with Gasteiger partial charge < -0.3 is 14.8 Å². The second-order valence-electron chi connectivity index (χ2n) is 11.1. The fraction of sp³-hybridized carbons (Fsp3) is 0.237. The lowest BCUT2D eigenvalue weighted by molar-refractivity contribution is 0.0498. The molecule has 0 saturated carbocycles. The van der Waals surface area contributed by atoms with Crippen LogP contribution in [0, 0.1) is 20.8 Å². The van der Waals surface area contributed by atoms with Crippen molar-refractivity contribution in [2.45, 2.75) is 53.6 Å². The van der Waals surface area contributed by atoms with Crippen LogP contribution in [0.3, 0.4) is 0 Å². The molecule has 5 aromatic rings. The second-order valence-corrected chi connectivity index (χ2v) is 11.1. The van der Waals surface area contributed by atoms with Crippen LogP contribution in [0.25, 0.3) is 22.2 Å². The molecule has 0 saturated heterocycles. The zero-order valence-electron chi connectivity index (χ0n) is 25.8. The Hall–Kier alpha value is -4.97. The van der Waals surface area contributed by atoms with Gasteiger partial charge >= 0.3 is 5.97 Å². The minimum Gasteiger partial charge on any atom is -0.489 e. The molecule has 5 rings (SSSR count). The quantitative estimate of drug-likeness (QED) is 0.123. The van der Waals surface area contributed by atoms with E-state index in [4.69, 9.17) is 14.5 Å². The summed E-state index contributed by atoms with van der Waals surface area (Å²) in [5.41, 5.74) is 7.97. The summed E-state index contributed by atoms with van der Waals surface area (Å²) in [6, 6.07) is 28.8. The SMILES string of the molecule is CCCCCOC(=O)c1ccc(NC(=O)c2c(C)c(-c3ccc(OCc4ccccc4)cc3)nc3c(C)cc(C)cc23)cc1. The van der Waals surface area contributed by atoms with Crippen molar-refractivity contribution in [1.82, 2.24) is 4.98 Å². The molecule has 0 bridgehead atoms. The van der Waals surface area contributed by atoms with Crippen molar-refractivity contribution >= 4 is 28.5 Å². The van der Waals surface area contributed by atoms with Gasteiger partial charge in [0.2, 0.25) is 0 Å². The van der Waals surface area contributed by atoms with Gasteiger partial charge in [-0.2, -0.15) is 0 Å². The van der Waals surface area contributed by atoms with E-state index in [1.165, 1.54) is 0 Å².